The van der Waals surface area contributed by atoms with Crippen LogP contribution in [0.3, 0.4) is 0 Å². The molecular formula is C16H21N5O2S. The Morgan fingerprint density at radius 1 is 1.38 bits per heavy atom. The zero-order valence-electron chi connectivity index (χ0n) is 13.9. The predicted octanol–water partition coefficient (Wildman–Crippen LogP) is 1.62. The average Bonchev–Trinajstić information content (AvgIpc) is 3.00. The summed E-state index contributed by atoms with van der Waals surface area (Å²) in [6.07, 6.45) is 5.51. The summed E-state index contributed by atoms with van der Waals surface area (Å²) in [4.78, 5) is 23.0. The Labute approximate surface area is 145 Å². The zero-order chi connectivity index (χ0) is 16.9. The van der Waals surface area contributed by atoms with E-state index in [1.54, 1.807) is 30.1 Å². The highest BCUT2D eigenvalue weighted by Gasteiger charge is 2.18. The summed E-state index contributed by atoms with van der Waals surface area (Å²) in [6, 6.07) is 3.54. The minimum absolute atomic E-state index is 0.0222. The number of hydrogen-bond donors (Lipinski definition) is 1. The quantitative estimate of drug-likeness (QED) is 0.829. The number of pyridine rings is 1. The number of carbonyl (C=O) groups excluding carboxylic acids is 1. The maximum atomic E-state index is 12.5. The summed E-state index contributed by atoms with van der Waals surface area (Å²) >= 11 is 1.61. The molecule has 0 aliphatic carbocycles. The molecule has 0 bridgehead atoms. The smallest absolute Gasteiger partial charge is 0.254 e. The van der Waals surface area contributed by atoms with Crippen molar-refractivity contribution in [1.29, 1.82) is 0 Å². The minimum atomic E-state index is 0.0222. The van der Waals surface area contributed by atoms with Crippen molar-refractivity contribution in [2.45, 2.75) is 11.7 Å². The van der Waals surface area contributed by atoms with Crippen LogP contribution in [0.15, 0.2) is 29.7 Å². The van der Waals surface area contributed by atoms with Gasteiger partial charge in [0.15, 0.2) is 5.16 Å². The van der Waals surface area contributed by atoms with Crippen LogP contribution >= 0.6 is 11.8 Å². The van der Waals surface area contributed by atoms with Crippen molar-refractivity contribution in [2.24, 2.45) is 7.05 Å². The first-order chi connectivity index (χ1) is 11.7. The van der Waals surface area contributed by atoms with Crippen molar-refractivity contribution >= 4 is 23.5 Å². The van der Waals surface area contributed by atoms with E-state index >= 15 is 0 Å². The molecule has 3 heterocycles. The molecule has 0 saturated carbocycles. The van der Waals surface area contributed by atoms with Crippen LogP contribution in [0.4, 0.5) is 5.82 Å². The van der Waals surface area contributed by atoms with Gasteiger partial charge in [0.2, 0.25) is 0 Å². The molecule has 1 N–H and O–H groups in total. The summed E-state index contributed by atoms with van der Waals surface area (Å²) in [7, 11) is 1.99. The Hall–Kier alpha value is -2.06. The average molecular weight is 347 g/mol. The van der Waals surface area contributed by atoms with Crippen LogP contribution in [0.2, 0.25) is 0 Å². The van der Waals surface area contributed by atoms with Gasteiger partial charge in [0.25, 0.3) is 5.91 Å². The lowest BCUT2D eigenvalue weighted by molar-refractivity contribution is 0.0303. The summed E-state index contributed by atoms with van der Waals surface area (Å²) in [5, 5.41) is 4.23. The second kappa shape index (κ2) is 7.67. The fraction of sp³-hybridized carbons (Fsp3) is 0.438. The molecule has 0 radical (unpaired) electrons. The van der Waals surface area contributed by atoms with E-state index in [2.05, 4.69) is 15.3 Å². The third-order valence-corrected chi connectivity index (χ3v) is 4.72. The number of morpholine rings is 1. The van der Waals surface area contributed by atoms with Gasteiger partial charge in [0, 0.05) is 31.9 Å². The van der Waals surface area contributed by atoms with E-state index in [1.807, 2.05) is 29.0 Å². The van der Waals surface area contributed by atoms with Crippen molar-refractivity contribution in [3.8, 4) is 0 Å². The molecule has 1 aliphatic heterocycles. The highest BCUT2D eigenvalue weighted by atomic mass is 32.2. The van der Waals surface area contributed by atoms with Gasteiger partial charge in [-0.1, -0.05) is 11.8 Å². The number of imidazole rings is 1. The second-order valence-corrected chi connectivity index (χ2v) is 6.26. The Kier molecular flexibility index (Phi) is 5.37. The molecule has 0 unspecified atom stereocenters. The minimum Gasteiger partial charge on any atom is -0.378 e. The van der Waals surface area contributed by atoms with Gasteiger partial charge in [-0.05, 0) is 18.4 Å². The fourth-order valence-electron chi connectivity index (χ4n) is 2.57. The Balaban J connectivity index is 1.66. The van der Waals surface area contributed by atoms with E-state index in [1.165, 1.54) is 0 Å². The summed E-state index contributed by atoms with van der Waals surface area (Å²) in [6.45, 7) is 3.07. The summed E-state index contributed by atoms with van der Waals surface area (Å²) < 4.78 is 7.33. The number of anilines is 1. The van der Waals surface area contributed by atoms with Gasteiger partial charge in [0.1, 0.15) is 5.82 Å². The van der Waals surface area contributed by atoms with E-state index in [9.17, 15) is 4.79 Å². The first-order valence-corrected chi connectivity index (χ1v) is 9.03. The molecule has 0 atom stereocenters. The van der Waals surface area contributed by atoms with Crippen molar-refractivity contribution in [2.75, 3.05) is 37.9 Å². The van der Waals surface area contributed by atoms with Crippen molar-refractivity contribution in [3.05, 3.63) is 35.8 Å². The lowest BCUT2D eigenvalue weighted by atomic mass is 10.2. The van der Waals surface area contributed by atoms with Gasteiger partial charge >= 0.3 is 0 Å². The molecule has 128 valence electrons. The van der Waals surface area contributed by atoms with Crippen molar-refractivity contribution in [3.63, 3.8) is 0 Å². The van der Waals surface area contributed by atoms with Gasteiger partial charge in [-0.2, -0.15) is 0 Å². The molecule has 0 spiro atoms. The number of carbonyl (C=O) groups is 1. The SMILES string of the molecule is CSc1ncc(CNc2cc(C(=O)N3CCOCC3)ccn2)n1C. The maximum Gasteiger partial charge on any atom is 0.254 e. The lowest BCUT2D eigenvalue weighted by Gasteiger charge is -2.26. The third-order valence-electron chi connectivity index (χ3n) is 3.98. The van der Waals surface area contributed by atoms with Gasteiger partial charge < -0.3 is 19.5 Å². The van der Waals surface area contributed by atoms with Crippen LogP contribution in [0, 0.1) is 0 Å². The number of hydrogen-bond acceptors (Lipinski definition) is 6. The van der Waals surface area contributed by atoms with Gasteiger partial charge in [0.05, 0.1) is 31.6 Å². The van der Waals surface area contributed by atoms with Crippen LogP contribution in [0.1, 0.15) is 16.1 Å². The van der Waals surface area contributed by atoms with Crippen LogP contribution in [-0.4, -0.2) is 57.9 Å². The van der Waals surface area contributed by atoms with Gasteiger partial charge in [-0.15, -0.1) is 0 Å². The number of ether oxygens (including phenoxy) is 1. The molecule has 2 aromatic rings. The molecule has 8 heteroatoms. The van der Waals surface area contributed by atoms with E-state index in [0.29, 0.717) is 44.2 Å². The molecule has 7 nitrogen and oxygen atoms in total. The molecular weight excluding hydrogens is 326 g/mol. The number of amides is 1. The molecule has 1 amide bonds. The molecule has 1 fully saturated rings. The molecule has 1 aliphatic rings. The molecule has 1 saturated heterocycles. The van der Waals surface area contributed by atoms with E-state index in [-0.39, 0.29) is 5.91 Å². The zero-order valence-corrected chi connectivity index (χ0v) is 14.7. The first kappa shape index (κ1) is 16.8. The van der Waals surface area contributed by atoms with Crippen LogP contribution in [-0.2, 0) is 18.3 Å². The van der Waals surface area contributed by atoms with E-state index in [4.69, 9.17) is 4.74 Å². The Morgan fingerprint density at radius 3 is 2.88 bits per heavy atom. The molecule has 3 rings (SSSR count). The van der Waals surface area contributed by atoms with Crippen molar-refractivity contribution in [1.82, 2.24) is 19.4 Å². The van der Waals surface area contributed by atoms with Gasteiger partial charge in [-0.3, -0.25) is 4.79 Å². The third kappa shape index (κ3) is 3.70. The normalized spacial score (nSPS) is 14.7. The second-order valence-electron chi connectivity index (χ2n) is 5.48. The Bertz CT molecular complexity index is 712. The largest absolute Gasteiger partial charge is 0.378 e. The molecule has 0 aromatic carbocycles. The highest BCUT2D eigenvalue weighted by Crippen LogP contribution is 2.16. The Morgan fingerprint density at radius 2 is 2.17 bits per heavy atom. The van der Waals surface area contributed by atoms with Gasteiger partial charge in [-0.25, -0.2) is 9.97 Å². The number of nitrogens with zero attached hydrogens (tertiary/aromatic N) is 4. The standard InChI is InChI=1S/C16H21N5O2S/c1-20-13(11-19-16(20)24-2)10-18-14-9-12(3-4-17-14)15(22)21-5-7-23-8-6-21/h3-4,9,11H,5-8,10H2,1-2H3,(H,17,18). The lowest BCUT2D eigenvalue weighted by Crippen LogP contribution is -2.40. The predicted molar refractivity (Wildman–Crippen MR) is 93.3 cm³/mol. The van der Waals surface area contributed by atoms with E-state index < -0.39 is 0 Å². The van der Waals surface area contributed by atoms with E-state index in [0.717, 1.165) is 10.9 Å². The monoisotopic (exact) mass is 347 g/mol. The first-order valence-electron chi connectivity index (χ1n) is 7.80. The number of thioether (sulfide) groups is 1. The summed E-state index contributed by atoms with van der Waals surface area (Å²) in [5.74, 6) is 0.704. The van der Waals surface area contributed by atoms with Crippen LogP contribution in [0.25, 0.3) is 0 Å². The van der Waals surface area contributed by atoms with Crippen LogP contribution < -0.4 is 5.32 Å². The molecule has 24 heavy (non-hydrogen) atoms. The number of nitrogens with one attached hydrogen (secondary N) is 1. The van der Waals surface area contributed by atoms with Crippen LogP contribution in [0.5, 0.6) is 0 Å². The maximum absolute atomic E-state index is 12.5. The topological polar surface area (TPSA) is 72.3 Å². The summed E-state index contributed by atoms with van der Waals surface area (Å²) in [5.41, 5.74) is 1.70. The fourth-order valence-corrected chi connectivity index (χ4v) is 3.12. The highest BCUT2D eigenvalue weighted by molar-refractivity contribution is 7.98. The molecule has 2 aromatic heterocycles. The number of aromatic nitrogens is 3. The van der Waals surface area contributed by atoms with Crippen molar-refractivity contribution < 1.29 is 9.53 Å². The number of rotatable bonds is 5.